The minimum Gasteiger partial charge on any atom is -0.355 e. The first kappa shape index (κ1) is 17.2. The van der Waals surface area contributed by atoms with E-state index in [0.717, 1.165) is 48.6 Å². The van der Waals surface area contributed by atoms with E-state index >= 15 is 0 Å². The van der Waals surface area contributed by atoms with Gasteiger partial charge in [-0.05, 0) is 32.4 Å². The van der Waals surface area contributed by atoms with E-state index in [2.05, 4.69) is 38.3 Å². The molecule has 0 saturated carbocycles. The number of nitrogens with zero attached hydrogens (tertiary/aromatic N) is 8. The summed E-state index contributed by atoms with van der Waals surface area (Å²) in [6, 6.07) is 3.91. The zero-order chi connectivity index (χ0) is 20.6. The molecule has 0 N–H and O–H groups in total. The molecule has 0 amide bonds. The molecular weight excluding hydrogens is 400 g/mol. The molecule has 6 rings (SSSR count). The molecule has 0 aliphatic rings. The van der Waals surface area contributed by atoms with Crippen LogP contribution in [-0.4, -0.2) is 39.5 Å². The van der Waals surface area contributed by atoms with Crippen molar-refractivity contribution >= 4 is 37.4 Å². The lowest BCUT2D eigenvalue weighted by Crippen LogP contribution is -1.90. The molecular formula is C20H16N8OS. The molecule has 0 unspecified atom stereocenters. The van der Waals surface area contributed by atoms with Crippen LogP contribution in [0.4, 0.5) is 0 Å². The predicted octanol–water partition coefficient (Wildman–Crippen LogP) is 3.87. The lowest BCUT2D eigenvalue weighted by molar-refractivity contribution is 0.434. The maximum atomic E-state index is 5.54. The molecule has 0 fully saturated rings. The quantitative estimate of drug-likeness (QED) is 0.422. The van der Waals surface area contributed by atoms with Gasteiger partial charge in [-0.25, -0.2) is 19.5 Å². The first-order valence-electron chi connectivity index (χ1n) is 9.37. The number of rotatable bonds is 2. The van der Waals surface area contributed by atoms with Crippen LogP contribution >= 0.6 is 11.3 Å². The van der Waals surface area contributed by atoms with Gasteiger partial charge in [0.2, 0.25) is 5.82 Å². The van der Waals surface area contributed by atoms with Crippen LogP contribution in [0.15, 0.2) is 29.2 Å². The fourth-order valence-electron chi connectivity index (χ4n) is 3.83. The fraction of sp³-hybridized carbons (Fsp3) is 0.200. The molecule has 0 aliphatic heterocycles. The van der Waals surface area contributed by atoms with E-state index in [1.165, 1.54) is 0 Å². The maximum Gasteiger partial charge on any atom is 0.204 e. The molecule has 0 spiro atoms. The molecule has 6 heterocycles. The number of hydrogen-bond acceptors (Lipinski definition) is 8. The van der Waals surface area contributed by atoms with Gasteiger partial charge in [0.15, 0.2) is 17.1 Å². The summed E-state index contributed by atoms with van der Waals surface area (Å²) in [5, 5.41) is 14.2. The maximum absolute atomic E-state index is 5.54. The van der Waals surface area contributed by atoms with Crippen molar-refractivity contribution in [3.05, 3.63) is 41.6 Å². The number of fused-ring (bicyclic) bond motifs is 5. The Labute approximate surface area is 174 Å². The van der Waals surface area contributed by atoms with Crippen LogP contribution in [-0.2, 0) is 7.05 Å². The van der Waals surface area contributed by atoms with Gasteiger partial charge in [-0.15, -0.1) is 16.4 Å². The van der Waals surface area contributed by atoms with Gasteiger partial charge >= 0.3 is 0 Å². The molecule has 0 atom stereocenters. The van der Waals surface area contributed by atoms with E-state index in [-0.39, 0.29) is 0 Å². The van der Waals surface area contributed by atoms with Crippen LogP contribution in [0.3, 0.4) is 0 Å². The van der Waals surface area contributed by atoms with Gasteiger partial charge in [0, 0.05) is 30.4 Å². The zero-order valence-electron chi connectivity index (χ0n) is 16.7. The molecule has 0 saturated heterocycles. The molecule has 6 aromatic rings. The van der Waals surface area contributed by atoms with Gasteiger partial charge < -0.3 is 4.52 Å². The summed E-state index contributed by atoms with van der Waals surface area (Å²) in [5.74, 6) is 1.12. The number of pyridine rings is 1. The van der Waals surface area contributed by atoms with E-state index < -0.39 is 0 Å². The molecule has 0 radical (unpaired) electrons. The molecule has 30 heavy (non-hydrogen) atoms. The second-order valence-electron chi connectivity index (χ2n) is 7.37. The number of aryl methyl sites for hydroxylation is 4. The summed E-state index contributed by atoms with van der Waals surface area (Å²) in [6.07, 6.45) is 3.59. The highest BCUT2D eigenvalue weighted by Crippen LogP contribution is 2.36. The highest BCUT2D eigenvalue weighted by Gasteiger charge is 2.19. The van der Waals surface area contributed by atoms with Crippen molar-refractivity contribution in [2.75, 3.05) is 0 Å². The lowest BCUT2D eigenvalue weighted by Gasteiger charge is -1.98. The van der Waals surface area contributed by atoms with Gasteiger partial charge in [0.25, 0.3) is 0 Å². The predicted molar refractivity (Wildman–Crippen MR) is 113 cm³/mol. The third-order valence-electron chi connectivity index (χ3n) is 5.11. The first-order valence-corrected chi connectivity index (χ1v) is 10.2. The molecule has 6 aromatic heterocycles. The van der Waals surface area contributed by atoms with Crippen molar-refractivity contribution in [1.29, 1.82) is 0 Å². The van der Waals surface area contributed by atoms with Crippen molar-refractivity contribution < 1.29 is 4.52 Å². The van der Waals surface area contributed by atoms with E-state index in [9.17, 15) is 0 Å². The lowest BCUT2D eigenvalue weighted by atomic mass is 10.1. The summed E-state index contributed by atoms with van der Waals surface area (Å²) in [4.78, 5) is 15.0. The van der Waals surface area contributed by atoms with E-state index in [1.807, 2.05) is 33.2 Å². The average molecular weight is 416 g/mol. The third-order valence-corrected chi connectivity index (χ3v) is 6.18. The zero-order valence-corrected chi connectivity index (χ0v) is 17.5. The van der Waals surface area contributed by atoms with Gasteiger partial charge in [0.1, 0.15) is 15.9 Å². The normalized spacial score (nSPS) is 12.0. The fourth-order valence-corrected chi connectivity index (χ4v) is 5.05. The summed E-state index contributed by atoms with van der Waals surface area (Å²) >= 11 is 1.58. The van der Waals surface area contributed by atoms with Gasteiger partial charge in [0.05, 0.1) is 16.8 Å². The minimum absolute atomic E-state index is 0.485. The Morgan fingerprint density at radius 2 is 1.93 bits per heavy atom. The Balaban J connectivity index is 1.53. The van der Waals surface area contributed by atoms with Crippen LogP contribution in [0.25, 0.3) is 48.9 Å². The highest BCUT2D eigenvalue weighted by atomic mass is 32.1. The van der Waals surface area contributed by atoms with Crippen molar-refractivity contribution in [2.24, 2.45) is 7.05 Å². The SMILES string of the molecule is Cc1cc(C)c2c(n1)sc1c2ncn2nc(-c3cc(-c4cn(C)nc4C)on3)nc12. The van der Waals surface area contributed by atoms with Gasteiger partial charge in [-0.1, -0.05) is 5.16 Å². The standard InChI is InChI=1S/C20H16N8OS/c1-9-5-10(2)22-20-15(9)16-17(30-20)19-23-18(25-28(19)8-21-16)13-6-14(29-26-13)12-7-27(4)24-11(12)3/h5-8H,1-4H3. The summed E-state index contributed by atoms with van der Waals surface area (Å²) in [7, 11) is 1.87. The van der Waals surface area contributed by atoms with Crippen LogP contribution in [0, 0.1) is 20.8 Å². The molecule has 0 bridgehead atoms. The number of hydrogen-bond donors (Lipinski definition) is 0. The Morgan fingerprint density at radius 1 is 1.07 bits per heavy atom. The molecule has 10 heteroatoms. The van der Waals surface area contributed by atoms with Crippen LogP contribution in [0.2, 0.25) is 0 Å². The summed E-state index contributed by atoms with van der Waals surface area (Å²) in [6.45, 7) is 6.02. The molecule has 148 valence electrons. The largest absolute Gasteiger partial charge is 0.355 e. The topological polar surface area (TPSA) is 99.8 Å². The Bertz CT molecular complexity index is 1600. The Kier molecular flexibility index (Phi) is 3.40. The van der Waals surface area contributed by atoms with Crippen molar-refractivity contribution in [1.82, 2.24) is 39.5 Å². The molecule has 0 aliphatic carbocycles. The second kappa shape index (κ2) is 5.92. The minimum atomic E-state index is 0.485. The van der Waals surface area contributed by atoms with Gasteiger partial charge in [-0.2, -0.15) is 5.10 Å². The third kappa shape index (κ3) is 2.40. The van der Waals surface area contributed by atoms with E-state index in [1.54, 1.807) is 26.9 Å². The number of thiophene rings is 1. The summed E-state index contributed by atoms with van der Waals surface area (Å²) in [5.41, 5.74) is 6.12. The van der Waals surface area contributed by atoms with Crippen LogP contribution in [0.1, 0.15) is 17.0 Å². The molecule has 9 nitrogen and oxygen atoms in total. The van der Waals surface area contributed by atoms with Crippen molar-refractivity contribution in [3.8, 4) is 22.8 Å². The first-order chi connectivity index (χ1) is 14.5. The number of aromatic nitrogens is 8. The van der Waals surface area contributed by atoms with Crippen LogP contribution < -0.4 is 0 Å². The van der Waals surface area contributed by atoms with Crippen molar-refractivity contribution in [2.45, 2.75) is 20.8 Å². The Hall–Kier alpha value is -3.66. The van der Waals surface area contributed by atoms with E-state index in [0.29, 0.717) is 17.3 Å². The average Bonchev–Trinajstić information content (AvgIpc) is 3.43. The van der Waals surface area contributed by atoms with Crippen LogP contribution in [0.5, 0.6) is 0 Å². The van der Waals surface area contributed by atoms with E-state index in [4.69, 9.17) is 9.51 Å². The smallest absolute Gasteiger partial charge is 0.204 e. The van der Waals surface area contributed by atoms with Crippen molar-refractivity contribution in [3.63, 3.8) is 0 Å². The monoisotopic (exact) mass is 416 g/mol. The molecule has 0 aromatic carbocycles. The highest BCUT2D eigenvalue weighted by molar-refractivity contribution is 7.26. The Morgan fingerprint density at radius 3 is 2.73 bits per heavy atom. The second-order valence-corrected chi connectivity index (χ2v) is 8.37. The van der Waals surface area contributed by atoms with Gasteiger partial charge in [-0.3, -0.25) is 4.68 Å². The summed E-state index contributed by atoms with van der Waals surface area (Å²) < 4.78 is 9.93.